The van der Waals surface area contributed by atoms with E-state index in [0.717, 1.165) is 39.7 Å². The Morgan fingerprint density at radius 3 is 2.11 bits per heavy atom. The maximum absolute atomic E-state index is 14.5. The molecule has 0 aliphatic carbocycles. The number of amides is 2. The highest BCUT2D eigenvalue weighted by Crippen LogP contribution is 2.28. The van der Waals surface area contributed by atoms with Crippen molar-refractivity contribution in [3.8, 4) is 0 Å². The Bertz CT molecular complexity index is 1780. The lowest BCUT2D eigenvalue weighted by Crippen LogP contribution is -2.56. The summed E-state index contributed by atoms with van der Waals surface area (Å²) in [4.78, 5) is 29.6. The van der Waals surface area contributed by atoms with Gasteiger partial charge in [0.15, 0.2) is 0 Å². The van der Waals surface area contributed by atoms with Crippen molar-refractivity contribution in [3.05, 3.63) is 130 Å². The number of aryl methyl sites for hydroxylation is 1. The van der Waals surface area contributed by atoms with E-state index in [-0.39, 0.29) is 28.6 Å². The maximum Gasteiger partial charge on any atom is 0.264 e. The van der Waals surface area contributed by atoms with E-state index in [0.29, 0.717) is 10.6 Å². The lowest BCUT2D eigenvalue weighted by atomic mass is 10.0. The van der Waals surface area contributed by atoms with Crippen LogP contribution >= 0.6 is 23.2 Å². The fourth-order valence-electron chi connectivity index (χ4n) is 4.81. The molecule has 2 amide bonds. The second-order valence-corrected chi connectivity index (χ2v) is 14.7. The molecule has 0 fully saturated rings. The van der Waals surface area contributed by atoms with Gasteiger partial charge in [-0.3, -0.25) is 13.9 Å². The van der Waals surface area contributed by atoms with Gasteiger partial charge in [0.25, 0.3) is 10.0 Å². The lowest BCUT2D eigenvalue weighted by molar-refractivity contribution is -0.140. The molecule has 0 radical (unpaired) electrons. The molecule has 4 aromatic rings. The molecule has 11 heteroatoms. The van der Waals surface area contributed by atoms with Crippen LogP contribution in [0.4, 0.5) is 10.1 Å². The molecule has 0 aromatic heterocycles. The number of anilines is 1. The molecule has 46 heavy (non-hydrogen) atoms. The van der Waals surface area contributed by atoms with Gasteiger partial charge < -0.3 is 10.2 Å². The average molecular weight is 685 g/mol. The molecular weight excluding hydrogens is 648 g/mol. The van der Waals surface area contributed by atoms with Gasteiger partial charge in [0.1, 0.15) is 18.4 Å². The average Bonchev–Trinajstić information content (AvgIpc) is 2.99. The SMILES string of the molecule is Cc1ccc(N(CC(=O)N(Cc2ccc(Cl)cc2Cl)[C@@H](Cc2ccccc2)C(=O)NC(C)(C)C)S(=O)(=O)c2ccc(F)cc2)cc1. The van der Waals surface area contributed by atoms with Crippen molar-refractivity contribution in [1.82, 2.24) is 10.2 Å². The van der Waals surface area contributed by atoms with Crippen molar-refractivity contribution in [1.29, 1.82) is 0 Å². The molecule has 0 aliphatic heterocycles. The summed E-state index contributed by atoms with van der Waals surface area (Å²) >= 11 is 12.7. The van der Waals surface area contributed by atoms with Crippen LogP contribution < -0.4 is 9.62 Å². The van der Waals surface area contributed by atoms with Crippen LogP contribution in [0.2, 0.25) is 10.0 Å². The first-order valence-corrected chi connectivity index (χ1v) is 16.8. The third-order valence-electron chi connectivity index (χ3n) is 7.13. The van der Waals surface area contributed by atoms with E-state index in [9.17, 15) is 22.4 Å². The van der Waals surface area contributed by atoms with Gasteiger partial charge in [0, 0.05) is 28.5 Å². The normalized spacial score (nSPS) is 12.3. The van der Waals surface area contributed by atoms with Crippen LogP contribution in [0.3, 0.4) is 0 Å². The summed E-state index contributed by atoms with van der Waals surface area (Å²) in [6.45, 7) is 6.60. The number of nitrogens with zero attached hydrogens (tertiary/aromatic N) is 2. The lowest BCUT2D eigenvalue weighted by Gasteiger charge is -2.35. The van der Waals surface area contributed by atoms with Crippen molar-refractivity contribution in [2.75, 3.05) is 10.8 Å². The smallest absolute Gasteiger partial charge is 0.264 e. The highest BCUT2D eigenvalue weighted by molar-refractivity contribution is 7.92. The van der Waals surface area contributed by atoms with Crippen molar-refractivity contribution < 1.29 is 22.4 Å². The fraction of sp³-hybridized carbons (Fsp3) is 0.257. The Balaban J connectivity index is 1.83. The molecule has 0 bridgehead atoms. The van der Waals surface area contributed by atoms with Gasteiger partial charge in [-0.15, -0.1) is 0 Å². The molecule has 4 rings (SSSR count). The number of nitrogens with one attached hydrogen (secondary N) is 1. The highest BCUT2D eigenvalue weighted by Gasteiger charge is 2.36. The Hall–Kier alpha value is -3.92. The van der Waals surface area contributed by atoms with Crippen LogP contribution in [0.1, 0.15) is 37.5 Å². The molecule has 0 saturated carbocycles. The Morgan fingerprint density at radius 2 is 1.52 bits per heavy atom. The minimum atomic E-state index is -4.36. The van der Waals surface area contributed by atoms with E-state index in [1.807, 2.05) is 58.0 Å². The number of sulfonamides is 1. The molecule has 7 nitrogen and oxygen atoms in total. The van der Waals surface area contributed by atoms with Gasteiger partial charge in [-0.2, -0.15) is 0 Å². The Kier molecular flexibility index (Phi) is 11.1. The number of hydrogen-bond acceptors (Lipinski definition) is 4. The molecule has 242 valence electrons. The molecule has 0 heterocycles. The van der Waals surface area contributed by atoms with Gasteiger partial charge in [0.05, 0.1) is 10.6 Å². The summed E-state index contributed by atoms with van der Waals surface area (Å²) in [7, 11) is -4.36. The van der Waals surface area contributed by atoms with Crippen molar-refractivity contribution >= 4 is 50.7 Å². The summed E-state index contributed by atoms with van der Waals surface area (Å²) in [6.07, 6.45) is 0.148. The van der Waals surface area contributed by atoms with Crippen molar-refractivity contribution in [3.63, 3.8) is 0 Å². The number of hydrogen-bond donors (Lipinski definition) is 1. The number of halogens is 3. The van der Waals surface area contributed by atoms with Crippen molar-refractivity contribution in [2.45, 2.75) is 57.1 Å². The van der Waals surface area contributed by atoms with Crippen LogP contribution in [0.25, 0.3) is 0 Å². The van der Waals surface area contributed by atoms with Crippen LogP contribution in [-0.4, -0.2) is 43.3 Å². The predicted molar refractivity (Wildman–Crippen MR) is 181 cm³/mol. The minimum absolute atomic E-state index is 0.109. The third-order valence-corrected chi connectivity index (χ3v) is 9.50. The van der Waals surface area contributed by atoms with E-state index in [2.05, 4.69) is 5.32 Å². The quantitative estimate of drug-likeness (QED) is 0.181. The first kappa shape index (κ1) is 34.9. The van der Waals surface area contributed by atoms with Crippen LogP contribution in [0.5, 0.6) is 0 Å². The summed E-state index contributed by atoms with van der Waals surface area (Å²) < 4.78 is 42.8. The van der Waals surface area contributed by atoms with Gasteiger partial charge >= 0.3 is 0 Å². The second-order valence-electron chi connectivity index (χ2n) is 12.0. The predicted octanol–water partition coefficient (Wildman–Crippen LogP) is 7.19. The van der Waals surface area contributed by atoms with E-state index < -0.39 is 45.8 Å². The Morgan fingerprint density at radius 1 is 0.891 bits per heavy atom. The summed E-state index contributed by atoms with van der Waals surface area (Å²) in [6, 6.07) is 24.1. The molecule has 1 N–H and O–H groups in total. The number of rotatable bonds is 11. The highest BCUT2D eigenvalue weighted by atomic mass is 35.5. The largest absolute Gasteiger partial charge is 0.350 e. The fourth-order valence-corrected chi connectivity index (χ4v) is 6.70. The zero-order chi connectivity index (χ0) is 33.6. The molecule has 0 spiro atoms. The number of carbonyl (C=O) groups excluding carboxylic acids is 2. The van der Waals surface area contributed by atoms with Crippen molar-refractivity contribution in [2.24, 2.45) is 0 Å². The van der Waals surface area contributed by atoms with E-state index in [4.69, 9.17) is 23.2 Å². The number of carbonyl (C=O) groups is 2. The standard InChI is InChI=1S/C35H36Cl2FN3O4S/c1-24-10-16-29(17-11-24)41(46(44,45)30-18-14-28(38)15-19-30)23-33(42)40(22-26-12-13-27(36)21-31(26)37)32(34(43)39-35(2,3)4)20-25-8-6-5-7-9-25/h5-19,21,32H,20,22-23H2,1-4H3,(H,39,43)/t32-/m0/s1. The van der Waals surface area contributed by atoms with E-state index >= 15 is 0 Å². The molecule has 0 unspecified atom stereocenters. The van der Waals surface area contributed by atoms with E-state index in [1.54, 1.807) is 42.5 Å². The van der Waals surface area contributed by atoms with Crippen LogP contribution in [0.15, 0.2) is 102 Å². The van der Waals surface area contributed by atoms with E-state index in [1.165, 1.54) is 4.90 Å². The van der Waals surface area contributed by atoms with Crippen LogP contribution in [-0.2, 0) is 32.6 Å². The van der Waals surface area contributed by atoms with Crippen LogP contribution in [0, 0.1) is 12.7 Å². The monoisotopic (exact) mass is 683 g/mol. The van der Waals surface area contributed by atoms with Gasteiger partial charge in [-0.05, 0) is 87.4 Å². The van der Waals surface area contributed by atoms with Gasteiger partial charge in [-0.1, -0.05) is 77.3 Å². The van der Waals surface area contributed by atoms with Gasteiger partial charge in [-0.25, -0.2) is 12.8 Å². The van der Waals surface area contributed by atoms with Gasteiger partial charge in [0.2, 0.25) is 11.8 Å². The maximum atomic E-state index is 14.5. The second kappa shape index (κ2) is 14.7. The Labute approximate surface area is 280 Å². The third kappa shape index (κ3) is 9.09. The molecule has 4 aromatic carbocycles. The zero-order valence-electron chi connectivity index (χ0n) is 26.0. The molecule has 0 aliphatic rings. The summed E-state index contributed by atoms with van der Waals surface area (Å²) in [5.74, 6) is -1.67. The number of benzene rings is 4. The molecule has 1 atom stereocenters. The summed E-state index contributed by atoms with van der Waals surface area (Å²) in [5.41, 5.74) is 1.80. The molecule has 0 saturated heterocycles. The molecular formula is C35H36Cl2FN3O4S. The summed E-state index contributed by atoms with van der Waals surface area (Å²) in [5, 5.41) is 3.67. The minimum Gasteiger partial charge on any atom is -0.350 e. The first-order chi connectivity index (χ1) is 21.6. The topological polar surface area (TPSA) is 86.8 Å². The zero-order valence-corrected chi connectivity index (χ0v) is 28.3. The first-order valence-electron chi connectivity index (χ1n) is 14.6.